The van der Waals surface area contributed by atoms with Crippen LogP contribution in [0.5, 0.6) is 0 Å². The third-order valence-electron chi connectivity index (χ3n) is 6.88. The van der Waals surface area contributed by atoms with Gasteiger partial charge in [-0.25, -0.2) is 0 Å². The quantitative estimate of drug-likeness (QED) is 0.447. The molecule has 2 N–H and O–H groups in total. The van der Waals surface area contributed by atoms with Crippen molar-refractivity contribution < 1.29 is 9.53 Å². The number of pyridine rings is 1. The summed E-state index contributed by atoms with van der Waals surface area (Å²) in [7, 11) is 1.50. The Morgan fingerprint density at radius 3 is 2.66 bits per heavy atom. The summed E-state index contributed by atoms with van der Waals surface area (Å²) in [5.41, 5.74) is 3.84. The first kappa shape index (κ1) is 23.5. The molecule has 7 nitrogen and oxygen atoms in total. The Kier molecular flexibility index (Phi) is 7.11. The van der Waals surface area contributed by atoms with Crippen molar-refractivity contribution in [3.63, 3.8) is 0 Å². The zero-order chi connectivity index (χ0) is 24.2. The lowest BCUT2D eigenvalue weighted by atomic mass is 9.95. The molecule has 1 saturated carbocycles. The summed E-state index contributed by atoms with van der Waals surface area (Å²) in [5, 5.41) is 7.02. The Balaban J connectivity index is 1.46. The number of hydrogen-bond donors (Lipinski definition) is 2. The van der Waals surface area contributed by atoms with E-state index in [2.05, 4.69) is 43.5 Å². The third kappa shape index (κ3) is 5.09. The number of nitrogens with one attached hydrogen (secondary N) is 2. The smallest absolute Gasteiger partial charge is 0.250 e. The zero-order valence-corrected chi connectivity index (χ0v) is 20.7. The number of ether oxygens (including phenoxy) is 1. The average molecular weight is 490 g/mol. The highest BCUT2D eigenvalue weighted by Crippen LogP contribution is 2.42. The third-order valence-corrected chi connectivity index (χ3v) is 7.19. The molecule has 3 aromatic rings. The summed E-state index contributed by atoms with van der Waals surface area (Å²) in [6.45, 7) is 0.0215. The zero-order valence-electron chi connectivity index (χ0n) is 19.9. The highest BCUT2D eigenvalue weighted by molar-refractivity contribution is 7.80. The summed E-state index contributed by atoms with van der Waals surface area (Å²) < 4.78 is 7.29. The molecule has 8 heteroatoms. The topological polar surface area (TPSA) is 71.4 Å². The van der Waals surface area contributed by atoms with Crippen LogP contribution in [0.25, 0.3) is 0 Å². The minimum absolute atomic E-state index is 0.0215. The lowest BCUT2D eigenvalue weighted by molar-refractivity contribution is -0.119. The second kappa shape index (κ2) is 10.6. The molecule has 35 heavy (non-hydrogen) atoms. The molecule has 2 aliphatic rings. The van der Waals surface area contributed by atoms with Crippen LogP contribution < -0.4 is 15.5 Å². The van der Waals surface area contributed by atoms with Crippen molar-refractivity contribution in [2.45, 2.75) is 50.2 Å². The number of carbonyl (C=O) groups excluding carboxylic acids is 1. The van der Waals surface area contributed by atoms with Crippen LogP contribution in [-0.4, -0.2) is 34.3 Å². The fraction of sp³-hybridized carbons (Fsp3) is 0.370. The summed E-state index contributed by atoms with van der Waals surface area (Å²) in [6.07, 6.45) is 12.7. The molecule has 0 spiro atoms. The molecule has 1 aromatic carbocycles. The van der Waals surface area contributed by atoms with Gasteiger partial charge in [0.05, 0.1) is 17.8 Å². The van der Waals surface area contributed by atoms with Crippen LogP contribution in [0.4, 0.5) is 11.4 Å². The van der Waals surface area contributed by atoms with Gasteiger partial charge in [-0.1, -0.05) is 25.3 Å². The number of hydrogen-bond acceptors (Lipinski definition) is 4. The van der Waals surface area contributed by atoms with Gasteiger partial charge in [0, 0.05) is 43.1 Å². The maximum atomic E-state index is 11.9. The number of anilines is 2. The molecule has 5 rings (SSSR count). The summed E-state index contributed by atoms with van der Waals surface area (Å²) in [4.78, 5) is 18.7. The van der Waals surface area contributed by atoms with Crippen LogP contribution in [0.2, 0.25) is 0 Å². The van der Waals surface area contributed by atoms with Crippen LogP contribution in [0.3, 0.4) is 0 Å². The van der Waals surface area contributed by atoms with Crippen molar-refractivity contribution in [1.82, 2.24) is 14.9 Å². The van der Waals surface area contributed by atoms with Crippen molar-refractivity contribution in [2.24, 2.45) is 0 Å². The number of amides is 1. The minimum Gasteiger partial charge on any atom is -0.375 e. The standard InChI is InChI=1S/C27H31N5O2S/c1-34-18-24(33)29-20-10-12-22(13-11-20)32-26(25(30-27(32)35)23-9-5-6-15-28-23)19-14-16-31(17-19)21-7-3-2-4-8-21/h5-6,9-17,21,25-26H,2-4,7-8,18H2,1H3,(H,29,33)(H,30,35)/t25-,26+/m1/s1. The van der Waals surface area contributed by atoms with Gasteiger partial charge in [-0.05, 0) is 73.1 Å². The Bertz CT molecular complexity index is 1160. The van der Waals surface area contributed by atoms with Gasteiger partial charge >= 0.3 is 0 Å². The Labute approximate surface area is 211 Å². The van der Waals surface area contributed by atoms with Crippen LogP contribution in [-0.2, 0) is 9.53 Å². The normalized spacial score (nSPS) is 20.6. The molecule has 1 aliphatic heterocycles. The number of aromatic nitrogens is 2. The largest absolute Gasteiger partial charge is 0.375 e. The molecular weight excluding hydrogens is 458 g/mol. The molecule has 2 aromatic heterocycles. The fourth-order valence-electron chi connectivity index (χ4n) is 5.22. The summed E-state index contributed by atoms with van der Waals surface area (Å²) >= 11 is 5.84. The second-order valence-electron chi connectivity index (χ2n) is 9.21. The van der Waals surface area contributed by atoms with Crippen LogP contribution in [0.1, 0.15) is 61.5 Å². The molecule has 3 heterocycles. The van der Waals surface area contributed by atoms with Crippen molar-refractivity contribution in [3.8, 4) is 0 Å². The predicted molar refractivity (Wildman–Crippen MR) is 141 cm³/mol. The SMILES string of the molecule is COCC(=O)Nc1ccc(N2C(=S)N[C@H](c3ccccn3)[C@@H]2c2ccn(C3CCCCC3)c2)cc1. The second-order valence-corrected chi connectivity index (χ2v) is 9.60. The van der Waals surface area contributed by atoms with Crippen molar-refractivity contribution in [1.29, 1.82) is 0 Å². The first-order chi connectivity index (χ1) is 17.1. The van der Waals surface area contributed by atoms with Gasteiger partial charge in [0.25, 0.3) is 0 Å². The number of rotatable bonds is 7. The number of thiocarbonyl (C=S) groups is 1. The molecule has 2 atom stereocenters. The molecule has 182 valence electrons. The summed E-state index contributed by atoms with van der Waals surface area (Å²) in [6, 6.07) is 16.4. The number of nitrogens with zero attached hydrogens (tertiary/aromatic N) is 3. The lowest BCUT2D eigenvalue weighted by Gasteiger charge is -2.28. The van der Waals surface area contributed by atoms with Crippen LogP contribution in [0, 0.1) is 0 Å². The highest BCUT2D eigenvalue weighted by Gasteiger charge is 2.41. The lowest BCUT2D eigenvalue weighted by Crippen LogP contribution is -2.29. The van der Waals surface area contributed by atoms with E-state index in [0.717, 1.165) is 17.1 Å². The Hall–Kier alpha value is -3.23. The first-order valence-corrected chi connectivity index (χ1v) is 12.6. The maximum Gasteiger partial charge on any atom is 0.250 e. The highest BCUT2D eigenvalue weighted by atomic mass is 32.1. The Morgan fingerprint density at radius 2 is 1.94 bits per heavy atom. The molecule has 2 fully saturated rings. The van der Waals surface area contributed by atoms with Gasteiger partial charge in [-0.3, -0.25) is 9.78 Å². The summed E-state index contributed by atoms with van der Waals surface area (Å²) in [5.74, 6) is -0.184. The van der Waals surface area contributed by atoms with E-state index in [4.69, 9.17) is 17.0 Å². The van der Waals surface area contributed by atoms with E-state index >= 15 is 0 Å². The average Bonchev–Trinajstić information content (AvgIpc) is 3.50. The molecule has 1 amide bonds. The number of benzene rings is 1. The van der Waals surface area contributed by atoms with E-state index in [0.29, 0.717) is 11.2 Å². The molecule has 1 saturated heterocycles. The van der Waals surface area contributed by atoms with Crippen molar-refractivity contribution in [2.75, 3.05) is 23.9 Å². The monoisotopic (exact) mass is 489 g/mol. The predicted octanol–water partition coefficient (Wildman–Crippen LogP) is 5.15. The van der Waals surface area contributed by atoms with Crippen LogP contribution >= 0.6 is 12.2 Å². The van der Waals surface area contributed by atoms with E-state index in [9.17, 15) is 4.79 Å². The van der Waals surface area contributed by atoms with E-state index in [1.807, 2.05) is 48.7 Å². The Morgan fingerprint density at radius 1 is 1.14 bits per heavy atom. The van der Waals surface area contributed by atoms with Gasteiger partial charge in [0.2, 0.25) is 5.91 Å². The minimum atomic E-state index is -0.184. The molecule has 1 aliphatic carbocycles. The number of carbonyl (C=O) groups is 1. The number of methoxy groups -OCH3 is 1. The first-order valence-electron chi connectivity index (χ1n) is 12.2. The molecular formula is C27H31N5O2S. The molecule has 0 bridgehead atoms. The van der Waals surface area contributed by atoms with Gasteiger partial charge in [-0.2, -0.15) is 0 Å². The molecule has 0 unspecified atom stereocenters. The van der Waals surface area contributed by atoms with E-state index in [1.165, 1.54) is 44.8 Å². The van der Waals surface area contributed by atoms with Gasteiger partial charge < -0.3 is 24.8 Å². The van der Waals surface area contributed by atoms with Crippen molar-refractivity contribution >= 4 is 34.6 Å². The van der Waals surface area contributed by atoms with Crippen molar-refractivity contribution in [3.05, 3.63) is 78.4 Å². The van der Waals surface area contributed by atoms with Gasteiger partial charge in [-0.15, -0.1) is 0 Å². The van der Waals surface area contributed by atoms with Gasteiger partial charge in [0.1, 0.15) is 6.61 Å². The van der Waals surface area contributed by atoms with E-state index in [-0.39, 0.29) is 24.6 Å². The molecule has 0 radical (unpaired) electrons. The maximum absolute atomic E-state index is 11.9. The fourth-order valence-corrected chi connectivity index (χ4v) is 5.56. The van der Waals surface area contributed by atoms with Gasteiger partial charge in [0.15, 0.2) is 5.11 Å². The van der Waals surface area contributed by atoms with E-state index in [1.54, 1.807) is 0 Å². The van der Waals surface area contributed by atoms with E-state index < -0.39 is 0 Å². The van der Waals surface area contributed by atoms with Crippen LogP contribution in [0.15, 0.2) is 67.1 Å².